The number of anilines is 1. The number of carboxylic acids is 1. The Hall–Kier alpha value is -2.74. The van der Waals surface area contributed by atoms with Gasteiger partial charge in [-0.25, -0.2) is 17.6 Å². The third-order valence-electron chi connectivity index (χ3n) is 4.10. The van der Waals surface area contributed by atoms with Crippen molar-refractivity contribution in [3.8, 4) is 0 Å². The lowest BCUT2D eigenvalue weighted by atomic mass is 10.00. The molecule has 2 aromatic carbocycles. The normalized spacial score (nSPS) is 12.4. The molecule has 0 fully saturated rings. The molecule has 27 heavy (non-hydrogen) atoms. The number of carbonyl (C=O) groups excluding carboxylic acids is 1. The highest BCUT2D eigenvalue weighted by Gasteiger charge is 2.18. The number of rotatable bonds is 7. The van der Waals surface area contributed by atoms with Crippen molar-refractivity contribution in [2.45, 2.75) is 24.7 Å². The molecule has 0 saturated heterocycles. The predicted molar refractivity (Wildman–Crippen MR) is 99.0 cm³/mol. The Morgan fingerprint density at radius 1 is 1.19 bits per heavy atom. The molecule has 0 aliphatic carbocycles. The van der Waals surface area contributed by atoms with Crippen molar-refractivity contribution in [2.24, 2.45) is 5.92 Å². The van der Waals surface area contributed by atoms with Crippen molar-refractivity contribution in [2.75, 3.05) is 11.6 Å². The third-order valence-corrected chi connectivity index (χ3v) is 5.19. The average Bonchev–Trinajstić information content (AvgIpc) is 2.59. The van der Waals surface area contributed by atoms with Crippen LogP contribution < -0.4 is 5.32 Å². The molecule has 0 aliphatic heterocycles. The molecular weight excluding hydrogens is 373 g/mol. The summed E-state index contributed by atoms with van der Waals surface area (Å²) >= 11 is 0. The lowest BCUT2D eigenvalue weighted by molar-refractivity contribution is -0.119. The molecule has 2 N–H and O–H groups in total. The van der Waals surface area contributed by atoms with Gasteiger partial charge in [0.1, 0.15) is 5.82 Å². The minimum Gasteiger partial charge on any atom is -0.478 e. The van der Waals surface area contributed by atoms with E-state index in [1.54, 1.807) is 25.1 Å². The second-order valence-corrected chi connectivity index (χ2v) is 8.36. The van der Waals surface area contributed by atoms with Crippen molar-refractivity contribution in [3.05, 3.63) is 59.4 Å². The Labute approximate surface area is 157 Å². The van der Waals surface area contributed by atoms with E-state index < -0.39 is 27.6 Å². The number of nitrogens with one attached hydrogen (secondary N) is 1. The van der Waals surface area contributed by atoms with E-state index in [1.165, 1.54) is 18.2 Å². The maximum atomic E-state index is 13.7. The minimum absolute atomic E-state index is 0.0815. The van der Waals surface area contributed by atoms with E-state index in [4.69, 9.17) is 5.11 Å². The van der Waals surface area contributed by atoms with Gasteiger partial charge in [-0.3, -0.25) is 4.79 Å². The summed E-state index contributed by atoms with van der Waals surface area (Å²) in [5.41, 5.74) is 0.342. The van der Waals surface area contributed by atoms with Gasteiger partial charge in [0, 0.05) is 17.9 Å². The molecular formula is C19H20FNO5S. The first kappa shape index (κ1) is 20.6. The van der Waals surface area contributed by atoms with Crippen LogP contribution in [0.5, 0.6) is 0 Å². The van der Waals surface area contributed by atoms with Crippen LogP contribution in [0.4, 0.5) is 10.1 Å². The summed E-state index contributed by atoms with van der Waals surface area (Å²) in [6.45, 7) is 1.66. The van der Waals surface area contributed by atoms with Gasteiger partial charge in [0.2, 0.25) is 5.91 Å². The molecule has 0 aromatic heterocycles. The Balaban J connectivity index is 2.13. The number of benzene rings is 2. The highest BCUT2D eigenvalue weighted by Crippen LogP contribution is 2.21. The van der Waals surface area contributed by atoms with Crippen LogP contribution in [-0.2, 0) is 21.1 Å². The van der Waals surface area contributed by atoms with Crippen LogP contribution in [0.3, 0.4) is 0 Å². The highest BCUT2D eigenvalue weighted by molar-refractivity contribution is 7.90. The van der Waals surface area contributed by atoms with Crippen LogP contribution in [0.2, 0.25) is 0 Å². The van der Waals surface area contributed by atoms with E-state index in [-0.39, 0.29) is 22.0 Å². The fourth-order valence-corrected chi connectivity index (χ4v) is 3.16. The van der Waals surface area contributed by atoms with Crippen molar-refractivity contribution in [1.82, 2.24) is 0 Å². The quantitative estimate of drug-likeness (QED) is 0.753. The molecule has 2 rings (SSSR count). The lowest BCUT2D eigenvalue weighted by Gasteiger charge is -2.14. The van der Waals surface area contributed by atoms with Gasteiger partial charge in [-0.2, -0.15) is 0 Å². The second kappa shape index (κ2) is 8.30. The molecule has 1 unspecified atom stereocenters. The van der Waals surface area contributed by atoms with Crippen LogP contribution in [0, 0.1) is 11.7 Å². The summed E-state index contributed by atoms with van der Waals surface area (Å²) in [5, 5.41) is 11.7. The molecule has 0 radical (unpaired) electrons. The maximum Gasteiger partial charge on any atom is 0.335 e. The maximum absolute atomic E-state index is 13.7. The lowest BCUT2D eigenvalue weighted by Crippen LogP contribution is -2.21. The molecule has 0 aliphatic rings. The average molecular weight is 393 g/mol. The molecule has 0 spiro atoms. The number of hydrogen-bond acceptors (Lipinski definition) is 4. The second-order valence-electron chi connectivity index (χ2n) is 6.34. The fourth-order valence-electron chi connectivity index (χ4n) is 2.48. The van der Waals surface area contributed by atoms with Crippen molar-refractivity contribution < 1.29 is 27.5 Å². The first-order chi connectivity index (χ1) is 12.6. The van der Waals surface area contributed by atoms with Crippen molar-refractivity contribution in [1.29, 1.82) is 0 Å². The summed E-state index contributed by atoms with van der Waals surface area (Å²) in [5.74, 6) is -2.53. The molecule has 2 aromatic rings. The molecule has 0 bridgehead atoms. The van der Waals surface area contributed by atoms with E-state index in [9.17, 15) is 22.4 Å². The Morgan fingerprint density at radius 3 is 2.44 bits per heavy atom. The first-order valence-electron chi connectivity index (χ1n) is 8.20. The largest absolute Gasteiger partial charge is 0.478 e. The monoisotopic (exact) mass is 393 g/mol. The molecule has 8 heteroatoms. The zero-order valence-corrected chi connectivity index (χ0v) is 15.7. The van der Waals surface area contributed by atoms with E-state index in [0.29, 0.717) is 18.4 Å². The number of amides is 1. The summed E-state index contributed by atoms with van der Waals surface area (Å²) in [6.07, 6.45) is 1.70. The van der Waals surface area contributed by atoms with Gasteiger partial charge in [0.25, 0.3) is 0 Å². The Bertz CT molecular complexity index is 972. The first-order valence-corrected chi connectivity index (χ1v) is 10.1. The number of aryl methyl sites for hydroxylation is 1. The summed E-state index contributed by atoms with van der Waals surface area (Å²) in [4.78, 5) is 23.4. The highest BCUT2D eigenvalue weighted by atomic mass is 32.2. The molecule has 1 atom stereocenters. The van der Waals surface area contributed by atoms with Crippen LogP contribution >= 0.6 is 0 Å². The molecule has 6 nitrogen and oxygen atoms in total. The van der Waals surface area contributed by atoms with Gasteiger partial charge in [0.05, 0.1) is 10.5 Å². The number of hydrogen-bond donors (Lipinski definition) is 2. The van der Waals surface area contributed by atoms with Crippen molar-refractivity contribution >= 4 is 27.4 Å². The standard InChI is InChI=1S/C19H20FNO5S/c1-12(7-8-13-5-3-4-6-17(13)20)18(22)21-15-9-14(19(23)24)10-16(11-15)27(2,25)26/h3-6,9-12H,7-8H2,1-2H3,(H,21,22)(H,23,24). The smallest absolute Gasteiger partial charge is 0.335 e. The van der Waals surface area contributed by atoms with Gasteiger partial charge in [-0.1, -0.05) is 25.1 Å². The van der Waals surface area contributed by atoms with E-state index in [2.05, 4.69) is 5.32 Å². The van der Waals surface area contributed by atoms with E-state index >= 15 is 0 Å². The van der Waals surface area contributed by atoms with Crippen LogP contribution in [-0.4, -0.2) is 31.7 Å². The Morgan fingerprint density at radius 2 is 1.85 bits per heavy atom. The zero-order valence-electron chi connectivity index (χ0n) is 14.9. The molecule has 0 heterocycles. The van der Waals surface area contributed by atoms with Crippen LogP contribution in [0.15, 0.2) is 47.4 Å². The summed E-state index contributed by atoms with van der Waals surface area (Å²) in [7, 11) is -3.64. The summed E-state index contributed by atoms with van der Waals surface area (Å²) < 4.78 is 37.1. The predicted octanol–water partition coefficient (Wildman–Crippen LogP) is 3.13. The Kier molecular flexibility index (Phi) is 6.32. The van der Waals surface area contributed by atoms with E-state index in [1.807, 2.05) is 0 Å². The summed E-state index contributed by atoms with van der Waals surface area (Å²) in [6, 6.07) is 9.74. The third kappa shape index (κ3) is 5.62. The number of carboxylic acid groups (broad SMARTS) is 1. The number of sulfone groups is 1. The minimum atomic E-state index is -3.64. The van der Waals surface area contributed by atoms with E-state index in [0.717, 1.165) is 12.3 Å². The zero-order chi connectivity index (χ0) is 20.2. The fraction of sp³-hybridized carbons (Fsp3) is 0.263. The molecule has 1 amide bonds. The van der Waals surface area contributed by atoms with Gasteiger partial charge < -0.3 is 10.4 Å². The molecule has 144 valence electrons. The van der Waals surface area contributed by atoms with Crippen LogP contribution in [0.1, 0.15) is 29.3 Å². The van der Waals surface area contributed by atoms with Crippen LogP contribution in [0.25, 0.3) is 0 Å². The number of aromatic carboxylic acids is 1. The number of carbonyl (C=O) groups is 2. The topological polar surface area (TPSA) is 101 Å². The SMILES string of the molecule is CC(CCc1ccccc1F)C(=O)Nc1cc(C(=O)O)cc(S(C)(=O)=O)c1. The van der Waals surface area contributed by atoms with Gasteiger partial charge in [0.15, 0.2) is 9.84 Å². The molecule has 0 saturated carbocycles. The van der Waals surface area contributed by atoms with Gasteiger partial charge >= 0.3 is 5.97 Å². The van der Waals surface area contributed by atoms with Gasteiger partial charge in [-0.15, -0.1) is 0 Å². The van der Waals surface area contributed by atoms with Crippen molar-refractivity contribution in [3.63, 3.8) is 0 Å². The van der Waals surface area contributed by atoms with Gasteiger partial charge in [-0.05, 0) is 42.7 Å². The number of halogens is 1.